The maximum absolute atomic E-state index is 10.1. The van der Waals surface area contributed by atoms with Gasteiger partial charge in [0.05, 0.1) is 0 Å². The van der Waals surface area contributed by atoms with E-state index in [1.165, 1.54) is 62.5 Å². The Labute approximate surface area is 172 Å². The van der Waals surface area contributed by atoms with Crippen molar-refractivity contribution in [3.63, 3.8) is 0 Å². The Morgan fingerprint density at radius 2 is 1.00 bits per heavy atom. The lowest BCUT2D eigenvalue weighted by Crippen LogP contribution is -1.95. The summed E-state index contributed by atoms with van der Waals surface area (Å²) in [6.45, 7) is 4.45. The van der Waals surface area contributed by atoms with Gasteiger partial charge in [-0.2, -0.15) is 0 Å². The lowest BCUT2D eigenvalue weighted by atomic mass is 10.1. The zero-order valence-electron chi connectivity index (χ0n) is 17.4. The molecule has 0 heterocycles. The van der Waals surface area contributed by atoms with Crippen LogP contribution in [0.25, 0.3) is 0 Å². The van der Waals surface area contributed by atoms with Crippen molar-refractivity contribution in [3.05, 3.63) is 59.7 Å². The van der Waals surface area contributed by atoms with Crippen LogP contribution in [0.4, 0.5) is 0 Å². The molecule has 0 aliphatic rings. The van der Waals surface area contributed by atoms with Crippen LogP contribution in [-0.4, -0.2) is 4.89 Å². The minimum absolute atomic E-state index is 0.637. The first-order valence-corrected chi connectivity index (χ1v) is 11.9. The summed E-state index contributed by atoms with van der Waals surface area (Å²) in [7, 11) is -1.98. The molecule has 3 nitrogen and oxygen atoms in total. The van der Waals surface area contributed by atoms with Gasteiger partial charge in [-0.25, -0.2) is 0 Å². The highest BCUT2D eigenvalue weighted by Crippen LogP contribution is 2.36. The molecule has 0 amide bonds. The molecule has 0 unspecified atom stereocenters. The fraction of sp³-hybridized carbons (Fsp3) is 0.500. The molecule has 0 radical (unpaired) electrons. The number of unbranched alkanes of at least 4 members (excludes halogenated alkanes) is 6. The second kappa shape index (κ2) is 13.6. The second-order valence-electron chi connectivity index (χ2n) is 7.33. The summed E-state index contributed by atoms with van der Waals surface area (Å²) in [4.78, 5) is 10.1. The summed E-state index contributed by atoms with van der Waals surface area (Å²) in [5.74, 6) is 1.27. The normalized spacial score (nSPS) is 11.0. The van der Waals surface area contributed by atoms with Crippen molar-refractivity contribution < 1.29 is 13.9 Å². The lowest BCUT2D eigenvalue weighted by Gasteiger charge is -2.13. The van der Waals surface area contributed by atoms with E-state index < -0.39 is 8.60 Å². The molecule has 0 fully saturated rings. The van der Waals surface area contributed by atoms with Gasteiger partial charge >= 0.3 is 8.60 Å². The van der Waals surface area contributed by atoms with E-state index in [9.17, 15) is 4.89 Å². The summed E-state index contributed by atoms with van der Waals surface area (Å²) < 4.78 is 11.1. The molecule has 0 atom stereocenters. The molecule has 0 aliphatic carbocycles. The van der Waals surface area contributed by atoms with E-state index >= 15 is 0 Å². The highest BCUT2D eigenvalue weighted by atomic mass is 31.2. The topological polar surface area (TPSA) is 38.7 Å². The van der Waals surface area contributed by atoms with Crippen molar-refractivity contribution in [2.75, 3.05) is 0 Å². The average Bonchev–Trinajstić information content (AvgIpc) is 2.71. The fourth-order valence-corrected chi connectivity index (χ4v) is 3.79. The lowest BCUT2D eigenvalue weighted by molar-refractivity contribution is 0.381. The van der Waals surface area contributed by atoms with Gasteiger partial charge in [-0.05, 0) is 61.1 Å². The van der Waals surface area contributed by atoms with Gasteiger partial charge in [-0.3, -0.25) is 0 Å². The Balaban J connectivity index is 1.73. The Hall–Kier alpha value is -1.57. The van der Waals surface area contributed by atoms with E-state index in [-0.39, 0.29) is 0 Å². The first kappa shape index (κ1) is 22.7. The quantitative estimate of drug-likeness (QED) is 0.261. The highest BCUT2D eigenvalue weighted by Gasteiger charge is 2.11. The van der Waals surface area contributed by atoms with Gasteiger partial charge in [0.25, 0.3) is 0 Å². The van der Waals surface area contributed by atoms with Crippen LogP contribution in [0.15, 0.2) is 48.5 Å². The molecule has 0 aliphatic heterocycles. The number of hydrogen-bond acceptors (Lipinski definition) is 3. The second-order valence-corrected chi connectivity index (χ2v) is 8.17. The first-order chi connectivity index (χ1) is 13.7. The van der Waals surface area contributed by atoms with Crippen LogP contribution in [0.5, 0.6) is 11.5 Å². The molecule has 0 aromatic heterocycles. The molecule has 28 heavy (non-hydrogen) atoms. The number of benzene rings is 2. The molecule has 0 bridgehead atoms. The molecule has 0 saturated carbocycles. The maximum Gasteiger partial charge on any atom is 0.460 e. The first-order valence-electron chi connectivity index (χ1n) is 10.7. The minimum Gasteiger partial charge on any atom is -0.418 e. The zero-order chi connectivity index (χ0) is 20.0. The van der Waals surface area contributed by atoms with E-state index in [4.69, 9.17) is 9.05 Å². The van der Waals surface area contributed by atoms with Crippen LogP contribution >= 0.6 is 8.60 Å². The fourth-order valence-electron chi connectivity index (χ4n) is 3.14. The Morgan fingerprint density at radius 1 is 0.607 bits per heavy atom. The maximum atomic E-state index is 10.1. The average molecular weight is 403 g/mol. The van der Waals surface area contributed by atoms with Gasteiger partial charge in [0.15, 0.2) is 0 Å². The largest absolute Gasteiger partial charge is 0.460 e. The van der Waals surface area contributed by atoms with Crippen molar-refractivity contribution in [2.45, 2.75) is 78.1 Å². The van der Waals surface area contributed by atoms with Crippen LogP contribution in [0.3, 0.4) is 0 Å². The summed E-state index contributed by atoms with van der Waals surface area (Å²) in [6, 6.07) is 15.9. The van der Waals surface area contributed by atoms with Crippen LogP contribution in [0.2, 0.25) is 0 Å². The predicted molar refractivity (Wildman–Crippen MR) is 119 cm³/mol. The Morgan fingerprint density at radius 3 is 1.36 bits per heavy atom. The SMILES string of the molecule is CCCCCCc1ccc(OP(O)Oc2ccc(CCCCCC)cc2)cc1. The van der Waals surface area contributed by atoms with E-state index in [1.807, 2.05) is 24.3 Å². The van der Waals surface area contributed by atoms with Gasteiger partial charge < -0.3 is 13.9 Å². The Bertz CT molecular complexity index is 582. The number of hydrogen-bond donors (Lipinski definition) is 1. The molecule has 2 aromatic carbocycles. The molecule has 154 valence electrons. The molecule has 4 heteroatoms. The predicted octanol–water partition coefficient (Wildman–Crippen LogP) is 7.61. The van der Waals surface area contributed by atoms with Gasteiger partial charge in [0.1, 0.15) is 11.5 Å². The standard InChI is InChI=1S/C24H35O3P/c1-3-5-7-9-11-21-13-17-23(18-14-21)26-28(25)27-24-19-15-22(16-20-24)12-10-8-6-4-2/h13-20,25H,3-12H2,1-2H3. The van der Waals surface area contributed by atoms with Crippen molar-refractivity contribution >= 4 is 8.60 Å². The minimum atomic E-state index is -1.98. The summed E-state index contributed by atoms with van der Waals surface area (Å²) in [5.41, 5.74) is 2.61. The van der Waals surface area contributed by atoms with Crippen molar-refractivity contribution in [1.29, 1.82) is 0 Å². The van der Waals surface area contributed by atoms with Crippen LogP contribution in [-0.2, 0) is 12.8 Å². The number of aryl methyl sites for hydroxylation is 2. The van der Waals surface area contributed by atoms with E-state index in [1.54, 1.807) is 0 Å². The number of rotatable bonds is 14. The molecule has 0 saturated heterocycles. The van der Waals surface area contributed by atoms with E-state index in [2.05, 4.69) is 38.1 Å². The van der Waals surface area contributed by atoms with Crippen molar-refractivity contribution in [1.82, 2.24) is 0 Å². The highest BCUT2D eigenvalue weighted by molar-refractivity contribution is 7.41. The molecule has 2 rings (SSSR count). The van der Waals surface area contributed by atoms with Gasteiger partial charge in [-0.1, -0.05) is 76.6 Å². The van der Waals surface area contributed by atoms with Crippen LogP contribution in [0.1, 0.15) is 76.3 Å². The van der Waals surface area contributed by atoms with Crippen LogP contribution < -0.4 is 9.05 Å². The third kappa shape index (κ3) is 9.08. The third-order valence-corrected chi connectivity index (χ3v) is 5.59. The summed E-state index contributed by atoms with van der Waals surface area (Å²) >= 11 is 0. The van der Waals surface area contributed by atoms with Gasteiger partial charge in [-0.15, -0.1) is 0 Å². The van der Waals surface area contributed by atoms with Crippen LogP contribution in [0, 0.1) is 0 Å². The van der Waals surface area contributed by atoms with E-state index in [0.29, 0.717) is 11.5 Å². The van der Waals surface area contributed by atoms with Gasteiger partial charge in [0, 0.05) is 0 Å². The summed E-state index contributed by atoms with van der Waals surface area (Å²) in [6.07, 6.45) is 12.3. The summed E-state index contributed by atoms with van der Waals surface area (Å²) in [5, 5.41) is 0. The van der Waals surface area contributed by atoms with Crippen molar-refractivity contribution in [2.24, 2.45) is 0 Å². The van der Waals surface area contributed by atoms with E-state index in [0.717, 1.165) is 12.8 Å². The Kier molecular flexibility index (Phi) is 11.0. The molecular weight excluding hydrogens is 367 g/mol. The molecule has 1 N–H and O–H groups in total. The molecule has 2 aromatic rings. The molecular formula is C24H35O3P. The third-order valence-electron chi connectivity index (χ3n) is 4.85. The monoisotopic (exact) mass is 402 g/mol. The molecule has 0 spiro atoms. The zero-order valence-corrected chi connectivity index (χ0v) is 18.3. The van der Waals surface area contributed by atoms with Crippen molar-refractivity contribution in [3.8, 4) is 11.5 Å². The van der Waals surface area contributed by atoms with Gasteiger partial charge in [0.2, 0.25) is 0 Å². The smallest absolute Gasteiger partial charge is 0.418 e.